The number of hydrogen-bond acceptors (Lipinski definition) is 4. The Bertz CT molecular complexity index is 1370. The Morgan fingerprint density at radius 3 is 2.19 bits per heavy atom. The summed E-state index contributed by atoms with van der Waals surface area (Å²) in [5.41, 5.74) is 0.704. The van der Waals surface area contributed by atoms with Gasteiger partial charge in [-0.05, 0) is 42.8 Å². The van der Waals surface area contributed by atoms with Crippen LogP contribution in [0, 0.1) is 11.6 Å². The fourth-order valence-electron chi connectivity index (χ4n) is 3.70. The van der Waals surface area contributed by atoms with Gasteiger partial charge in [0.1, 0.15) is 0 Å². The van der Waals surface area contributed by atoms with Crippen LogP contribution in [0.3, 0.4) is 0 Å². The summed E-state index contributed by atoms with van der Waals surface area (Å²) in [4.78, 5) is -0.192. The van der Waals surface area contributed by atoms with Crippen molar-refractivity contribution >= 4 is 31.7 Å². The van der Waals surface area contributed by atoms with Crippen molar-refractivity contribution in [1.29, 1.82) is 0 Å². The summed E-state index contributed by atoms with van der Waals surface area (Å²) in [7, 11) is -8.78. The highest BCUT2D eigenvalue weighted by Gasteiger charge is 2.39. The monoisotopic (exact) mass is 469 g/mol. The number of rotatable bonds is 5. The van der Waals surface area contributed by atoms with Crippen LogP contribution in [0.15, 0.2) is 59.6 Å². The van der Waals surface area contributed by atoms with Gasteiger partial charge in [-0.2, -0.15) is 8.42 Å². The molecule has 0 saturated carbocycles. The van der Waals surface area contributed by atoms with Crippen LogP contribution in [0.2, 0.25) is 0 Å². The average Bonchev–Trinajstić information content (AvgIpc) is 3.17. The van der Waals surface area contributed by atoms with E-state index < -0.39 is 38.0 Å². The van der Waals surface area contributed by atoms with Crippen LogP contribution < -0.4 is 9.03 Å². The molecule has 31 heavy (non-hydrogen) atoms. The fourth-order valence-corrected chi connectivity index (χ4v) is 5.84. The zero-order chi connectivity index (χ0) is 22.6. The predicted molar refractivity (Wildman–Crippen MR) is 110 cm³/mol. The van der Waals surface area contributed by atoms with Crippen molar-refractivity contribution in [2.45, 2.75) is 24.3 Å². The molecule has 0 saturated heterocycles. The van der Waals surface area contributed by atoms with Gasteiger partial charge in [-0.25, -0.2) is 17.2 Å². The lowest BCUT2D eigenvalue weighted by molar-refractivity contribution is 0.489. The molecule has 8 nitrogen and oxygen atoms in total. The molecule has 1 aliphatic rings. The third kappa shape index (κ3) is 3.66. The van der Waals surface area contributed by atoms with Gasteiger partial charge in [-0.15, -0.1) is 0 Å². The van der Waals surface area contributed by atoms with Crippen LogP contribution in [0.5, 0.6) is 0 Å². The van der Waals surface area contributed by atoms with Gasteiger partial charge in [0.2, 0.25) is 0 Å². The van der Waals surface area contributed by atoms with Gasteiger partial charge in [0, 0.05) is 24.0 Å². The van der Waals surface area contributed by atoms with Crippen molar-refractivity contribution in [3.8, 4) is 5.69 Å². The molecular formula is C19H17F2N3O5S2. The lowest BCUT2D eigenvalue weighted by Gasteiger charge is -2.38. The summed E-state index contributed by atoms with van der Waals surface area (Å²) < 4.78 is 90.5. The van der Waals surface area contributed by atoms with Gasteiger partial charge in [0.15, 0.2) is 11.6 Å². The molecule has 2 aromatic carbocycles. The molecule has 1 unspecified atom stereocenters. The number of benzene rings is 2. The number of aromatic nitrogens is 1. The Morgan fingerprint density at radius 2 is 1.61 bits per heavy atom. The number of anilines is 2. The van der Waals surface area contributed by atoms with E-state index in [0.717, 1.165) is 28.6 Å². The van der Waals surface area contributed by atoms with E-state index in [1.54, 1.807) is 29.8 Å². The minimum absolute atomic E-state index is 0.0189. The molecule has 3 aromatic rings. The van der Waals surface area contributed by atoms with Crippen LogP contribution in [0.1, 0.15) is 25.1 Å². The first-order chi connectivity index (χ1) is 14.5. The maximum Gasteiger partial charge on any atom is 0.357 e. The van der Waals surface area contributed by atoms with Crippen LogP contribution >= 0.6 is 0 Å². The van der Waals surface area contributed by atoms with Crippen molar-refractivity contribution in [1.82, 2.24) is 4.57 Å². The maximum atomic E-state index is 14.1. The smallest absolute Gasteiger partial charge is 0.317 e. The Labute approximate surface area is 177 Å². The average molecular weight is 469 g/mol. The third-order valence-electron chi connectivity index (χ3n) is 4.96. The Morgan fingerprint density at radius 1 is 1.00 bits per heavy atom. The number of nitrogens with zero attached hydrogens (tertiary/aromatic N) is 2. The second kappa shape index (κ2) is 7.32. The summed E-state index contributed by atoms with van der Waals surface area (Å²) in [6.45, 7) is 1.77. The topological polar surface area (TPSA) is 109 Å². The number of fused-ring (bicyclic) bond motifs is 3. The second-order valence-electron chi connectivity index (χ2n) is 6.88. The Hall–Kier alpha value is -2.96. The van der Waals surface area contributed by atoms with Crippen LogP contribution in [0.4, 0.5) is 20.2 Å². The van der Waals surface area contributed by atoms with Gasteiger partial charge in [-0.3, -0.25) is 13.6 Å². The summed E-state index contributed by atoms with van der Waals surface area (Å²) in [5.74, 6) is -2.29. The number of halogens is 2. The van der Waals surface area contributed by atoms with Crippen molar-refractivity contribution in [3.63, 3.8) is 0 Å². The molecular weight excluding hydrogens is 452 g/mol. The van der Waals surface area contributed by atoms with Crippen LogP contribution in [0.25, 0.3) is 5.69 Å². The highest BCUT2D eigenvalue weighted by atomic mass is 32.2. The Kier molecular flexibility index (Phi) is 5.03. The van der Waals surface area contributed by atoms with E-state index in [0.29, 0.717) is 12.1 Å². The third-order valence-corrected chi connectivity index (χ3v) is 7.29. The first kappa shape index (κ1) is 21.3. The summed E-state index contributed by atoms with van der Waals surface area (Å²) >= 11 is 0. The van der Waals surface area contributed by atoms with E-state index in [-0.39, 0.29) is 22.0 Å². The van der Waals surface area contributed by atoms with Crippen molar-refractivity contribution in [2.24, 2.45) is 0 Å². The minimum atomic E-state index is -4.52. The molecule has 0 aliphatic carbocycles. The first-order valence-electron chi connectivity index (χ1n) is 9.09. The van der Waals surface area contributed by atoms with Crippen molar-refractivity contribution in [3.05, 3.63) is 72.1 Å². The van der Waals surface area contributed by atoms with Crippen LogP contribution in [-0.2, 0) is 20.3 Å². The molecule has 2 heterocycles. The molecule has 0 amide bonds. The zero-order valence-electron chi connectivity index (χ0n) is 16.0. The summed E-state index contributed by atoms with van der Waals surface area (Å²) in [6.07, 6.45) is 2.00. The van der Waals surface area contributed by atoms with E-state index in [2.05, 4.69) is 0 Å². The van der Waals surface area contributed by atoms with Crippen LogP contribution in [-0.4, -0.2) is 26.0 Å². The number of nitrogens with one attached hydrogen (secondary N) is 1. The van der Waals surface area contributed by atoms with Crippen molar-refractivity contribution < 1.29 is 30.2 Å². The van der Waals surface area contributed by atoms with Crippen molar-refractivity contribution in [2.75, 3.05) is 9.03 Å². The highest BCUT2D eigenvalue weighted by molar-refractivity contribution is 7.92. The molecule has 12 heteroatoms. The lowest BCUT2D eigenvalue weighted by atomic mass is 10.1. The highest BCUT2D eigenvalue weighted by Crippen LogP contribution is 2.44. The van der Waals surface area contributed by atoms with Gasteiger partial charge >= 0.3 is 10.3 Å². The van der Waals surface area contributed by atoms with E-state index in [1.165, 1.54) is 12.1 Å². The zero-order valence-corrected chi connectivity index (χ0v) is 17.7. The van der Waals surface area contributed by atoms with Gasteiger partial charge in [0.05, 0.1) is 28.0 Å². The molecule has 1 atom stereocenters. The normalized spacial score (nSPS) is 16.0. The molecule has 0 spiro atoms. The molecule has 0 bridgehead atoms. The molecule has 0 radical (unpaired) electrons. The standard InChI is InChI=1S/C19H17F2N3O5S2/c1-2-16-17-4-3-9-23(17)18-10-14(20)15(21)11-19(18)24(16)30(25,26)13-7-5-12(6-8-13)22-31(27,28)29/h3-11,16,22H,2H2,1H3,(H,27,28,29). The second-order valence-corrected chi connectivity index (χ2v) is 9.85. The predicted octanol–water partition coefficient (Wildman–Crippen LogP) is 3.63. The Balaban J connectivity index is 1.87. The summed E-state index contributed by atoms with van der Waals surface area (Å²) in [6, 6.07) is 9.15. The molecule has 1 aromatic heterocycles. The van der Waals surface area contributed by atoms with E-state index in [9.17, 15) is 25.6 Å². The largest absolute Gasteiger partial charge is 0.357 e. The van der Waals surface area contributed by atoms with Gasteiger partial charge in [-0.1, -0.05) is 6.92 Å². The fraction of sp³-hybridized carbons (Fsp3) is 0.158. The van der Waals surface area contributed by atoms with Gasteiger partial charge in [0.25, 0.3) is 10.0 Å². The number of hydrogen-bond donors (Lipinski definition) is 2. The van der Waals surface area contributed by atoms with E-state index >= 15 is 0 Å². The first-order valence-corrected chi connectivity index (χ1v) is 12.0. The SMILES string of the molecule is CCC1c2cccn2-c2cc(F)c(F)cc2N1S(=O)(=O)c1ccc(NS(=O)(=O)O)cc1. The van der Waals surface area contributed by atoms with E-state index in [1.807, 2.05) is 4.72 Å². The molecule has 164 valence electrons. The number of sulfonamides is 1. The molecule has 1 aliphatic heterocycles. The molecule has 2 N–H and O–H groups in total. The lowest BCUT2D eigenvalue weighted by Crippen LogP contribution is -2.39. The minimum Gasteiger partial charge on any atom is -0.317 e. The summed E-state index contributed by atoms with van der Waals surface area (Å²) in [5, 5.41) is 0. The molecule has 0 fully saturated rings. The van der Waals surface area contributed by atoms with E-state index in [4.69, 9.17) is 4.55 Å². The maximum absolute atomic E-state index is 14.1. The quantitative estimate of drug-likeness (QED) is 0.555. The van der Waals surface area contributed by atoms with Gasteiger partial charge < -0.3 is 4.57 Å². The molecule has 4 rings (SSSR count).